The van der Waals surface area contributed by atoms with Gasteiger partial charge in [0.25, 0.3) is 0 Å². The molecule has 2 aliphatic rings. The number of ether oxygens (including phenoxy) is 1. The van der Waals surface area contributed by atoms with Gasteiger partial charge < -0.3 is 15.0 Å². The minimum absolute atomic E-state index is 0.0763. The molecule has 2 fully saturated rings. The molecule has 1 amide bonds. The maximum absolute atomic E-state index is 12.4. The average Bonchev–Trinajstić information content (AvgIpc) is 3.18. The topological polar surface area (TPSA) is 72.3 Å². The Bertz CT molecular complexity index is 770. The summed E-state index contributed by atoms with van der Waals surface area (Å²) in [6.45, 7) is 2.96. The van der Waals surface area contributed by atoms with E-state index >= 15 is 0 Å². The van der Waals surface area contributed by atoms with Crippen molar-refractivity contribution < 1.29 is 9.53 Å². The van der Waals surface area contributed by atoms with Crippen molar-refractivity contribution in [2.24, 2.45) is 0 Å². The summed E-state index contributed by atoms with van der Waals surface area (Å²) in [5.74, 6) is 1.24. The number of carbonyl (C=O) groups is 1. The Labute approximate surface area is 169 Å². The van der Waals surface area contributed by atoms with Gasteiger partial charge in [0.1, 0.15) is 0 Å². The zero-order valence-corrected chi connectivity index (χ0v) is 16.9. The first-order chi connectivity index (χ1) is 13.8. The van der Waals surface area contributed by atoms with E-state index < -0.39 is 0 Å². The quantitative estimate of drug-likeness (QED) is 0.751. The number of nitrogens with one attached hydrogen (secondary N) is 1. The van der Waals surface area contributed by atoms with E-state index in [9.17, 15) is 4.79 Å². The number of morpholine rings is 1. The molecular formula is C20H27N5O2S. The van der Waals surface area contributed by atoms with E-state index in [4.69, 9.17) is 4.74 Å². The third kappa shape index (κ3) is 4.67. The van der Waals surface area contributed by atoms with E-state index in [1.165, 1.54) is 31.0 Å². The maximum atomic E-state index is 12.4. The predicted molar refractivity (Wildman–Crippen MR) is 110 cm³/mol. The molecule has 1 aliphatic carbocycles. The molecule has 8 heteroatoms. The molecule has 0 bridgehead atoms. The molecule has 1 saturated heterocycles. The molecule has 0 radical (unpaired) electrons. The van der Waals surface area contributed by atoms with E-state index in [-0.39, 0.29) is 5.91 Å². The zero-order chi connectivity index (χ0) is 19.2. The van der Waals surface area contributed by atoms with Crippen LogP contribution in [0.3, 0.4) is 0 Å². The van der Waals surface area contributed by atoms with Crippen molar-refractivity contribution in [2.75, 3.05) is 37.0 Å². The summed E-state index contributed by atoms with van der Waals surface area (Å²) in [6.07, 6.45) is 5.90. The number of hydrogen-bond donors (Lipinski definition) is 1. The summed E-state index contributed by atoms with van der Waals surface area (Å²) < 4.78 is 7.51. The van der Waals surface area contributed by atoms with Gasteiger partial charge in [-0.25, -0.2) is 0 Å². The fourth-order valence-electron chi connectivity index (χ4n) is 3.77. The first-order valence-electron chi connectivity index (χ1n) is 10.1. The number of nitrogens with zero attached hydrogens (tertiary/aromatic N) is 4. The molecular weight excluding hydrogens is 374 g/mol. The number of thioether (sulfide) groups is 1. The zero-order valence-electron chi connectivity index (χ0n) is 16.0. The van der Waals surface area contributed by atoms with E-state index in [1.54, 1.807) is 0 Å². The smallest absolute Gasteiger partial charge is 0.232 e. The lowest BCUT2D eigenvalue weighted by Gasteiger charge is -2.28. The molecule has 1 aromatic heterocycles. The van der Waals surface area contributed by atoms with Crippen molar-refractivity contribution in [3.8, 4) is 5.69 Å². The molecule has 1 aliphatic heterocycles. The van der Waals surface area contributed by atoms with Crippen molar-refractivity contribution in [3.63, 3.8) is 0 Å². The molecule has 150 valence electrons. The molecule has 1 saturated carbocycles. The minimum atomic E-state index is 0.0763. The van der Waals surface area contributed by atoms with Crippen LogP contribution in [0.2, 0.25) is 0 Å². The number of anilines is 1. The molecule has 0 unspecified atom stereocenters. The van der Waals surface area contributed by atoms with Gasteiger partial charge in [0.2, 0.25) is 11.9 Å². The molecule has 2 aromatic rings. The normalized spacial score (nSPS) is 18.2. The van der Waals surface area contributed by atoms with Crippen LogP contribution in [-0.4, -0.2) is 58.8 Å². The lowest BCUT2D eigenvalue weighted by molar-refractivity contribution is -0.119. The summed E-state index contributed by atoms with van der Waals surface area (Å²) in [7, 11) is 0. The van der Waals surface area contributed by atoms with Gasteiger partial charge in [0, 0.05) is 19.1 Å². The van der Waals surface area contributed by atoms with Crippen LogP contribution in [-0.2, 0) is 9.53 Å². The lowest BCUT2D eigenvalue weighted by atomic mass is 9.95. The largest absolute Gasteiger partial charge is 0.378 e. The number of aromatic nitrogens is 3. The van der Waals surface area contributed by atoms with E-state index in [1.807, 2.05) is 34.9 Å². The SMILES string of the molecule is O=C(CSc1nnc(N2CCOCC2)n1-c1ccccc1)NC1CCCCC1. The summed E-state index contributed by atoms with van der Waals surface area (Å²) in [5, 5.41) is 12.8. The monoisotopic (exact) mass is 401 g/mol. The van der Waals surface area contributed by atoms with E-state index in [0.29, 0.717) is 25.0 Å². The van der Waals surface area contributed by atoms with Crippen LogP contribution in [0, 0.1) is 0 Å². The molecule has 0 spiro atoms. The number of hydrogen-bond acceptors (Lipinski definition) is 6. The van der Waals surface area contributed by atoms with Crippen molar-refractivity contribution in [1.29, 1.82) is 0 Å². The Kier molecular flexibility index (Phi) is 6.49. The van der Waals surface area contributed by atoms with Gasteiger partial charge in [0.05, 0.1) is 24.7 Å². The summed E-state index contributed by atoms with van der Waals surface area (Å²) in [4.78, 5) is 14.6. The second kappa shape index (κ2) is 9.43. The van der Waals surface area contributed by atoms with E-state index in [2.05, 4.69) is 20.4 Å². The van der Waals surface area contributed by atoms with Crippen LogP contribution in [0.15, 0.2) is 35.5 Å². The standard InChI is InChI=1S/C20H27N5O2S/c26-18(21-16-7-3-1-4-8-16)15-28-20-23-22-19(24-11-13-27-14-12-24)25(20)17-9-5-2-6-10-17/h2,5-6,9-10,16H,1,3-4,7-8,11-15H2,(H,21,26). The van der Waals surface area contributed by atoms with Gasteiger partial charge in [-0.05, 0) is 25.0 Å². The summed E-state index contributed by atoms with van der Waals surface area (Å²) in [5.41, 5.74) is 1.00. The van der Waals surface area contributed by atoms with Crippen LogP contribution in [0.1, 0.15) is 32.1 Å². The number of carbonyl (C=O) groups excluding carboxylic acids is 1. The Morgan fingerprint density at radius 1 is 1.11 bits per heavy atom. The van der Waals surface area contributed by atoms with Crippen LogP contribution >= 0.6 is 11.8 Å². The van der Waals surface area contributed by atoms with Crippen LogP contribution in [0.25, 0.3) is 5.69 Å². The highest BCUT2D eigenvalue weighted by molar-refractivity contribution is 7.99. The van der Waals surface area contributed by atoms with Crippen LogP contribution in [0.5, 0.6) is 0 Å². The molecule has 4 rings (SSSR count). The first kappa shape index (κ1) is 19.3. The lowest BCUT2D eigenvalue weighted by Crippen LogP contribution is -2.38. The molecule has 0 atom stereocenters. The first-order valence-corrected chi connectivity index (χ1v) is 11.1. The second-order valence-corrected chi connectivity index (χ2v) is 8.19. The predicted octanol–water partition coefficient (Wildman–Crippen LogP) is 2.64. The third-order valence-electron chi connectivity index (χ3n) is 5.23. The van der Waals surface area contributed by atoms with Crippen molar-refractivity contribution in [2.45, 2.75) is 43.3 Å². The Hall–Kier alpha value is -2.06. The highest BCUT2D eigenvalue weighted by Crippen LogP contribution is 2.27. The van der Waals surface area contributed by atoms with E-state index in [0.717, 1.165) is 42.7 Å². The van der Waals surface area contributed by atoms with Crippen molar-refractivity contribution >= 4 is 23.6 Å². The molecule has 7 nitrogen and oxygen atoms in total. The van der Waals surface area contributed by atoms with Crippen LogP contribution in [0.4, 0.5) is 5.95 Å². The minimum Gasteiger partial charge on any atom is -0.378 e. The summed E-state index contributed by atoms with van der Waals surface area (Å²) >= 11 is 1.44. The van der Waals surface area contributed by atoms with Crippen molar-refractivity contribution in [3.05, 3.63) is 30.3 Å². The fraction of sp³-hybridized carbons (Fsp3) is 0.550. The fourth-order valence-corrected chi connectivity index (χ4v) is 4.53. The third-order valence-corrected chi connectivity index (χ3v) is 6.16. The van der Waals surface area contributed by atoms with Gasteiger partial charge >= 0.3 is 0 Å². The Morgan fingerprint density at radius 2 is 1.86 bits per heavy atom. The molecule has 2 heterocycles. The molecule has 1 aromatic carbocycles. The van der Waals surface area contributed by atoms with Gasteiger partial charge in [0.15, 0.2) is 5.16 Å². The van der Waals surface area contributed by atoms with Crippen LogP contribution < -0.4 is 10.2 Å². The van der Waals surface area contributed by atoms with Gasteiger partial charge in [-0.3, -0.25) is 9.36 Å². The molecule has 28 heavy (non-hydrogen) atoms. The highest BCUT2D eigenvalue weighted by atomic mass is 32.2. The van der Waals surface area contributed by atoms with Crippen molar-refractivity contribution in [1.82, 2.24) is 20.1 Å². The molecule has 1 N–H and O–H groups in total. The van der Waals surface area contributed by atoms with Gasteiger partial charge in [-0.15, -0.1) is 10.2 Å². The number of rotatable bonds is 6. The van der Waals surface area contributed by atoms with Gasteiger partial charge in [-0.1, -0.05) is 49.2 Å². The number of benzene rings is 1. The second-order valence-electron chi connectivity index (χ2n) is 7.24. The average molecular weight is 402 g/mol. The Balaban J connectivity index is 1.48. The maximum Gasteiger partial charge on any atom is 0.232 e. The number of para-hydroxylation sites is 1. The Morgan fingerprint density at radius 3 is 2.61 bits per heavy atom. The highest BCUT2D eigenvalue weighted by Gasteiger charge is 2.23. The van der Waals surface area contributed by atoms with Gasteiger partial charge in [-0.2, -0.15) is 0 Å². The number of amides is 1. The summed E-state index contributed by atoms with van der Waals surface area (Å²) in [6, 6.07) is 10.4.